The van der Waals surface area contributed by atoms with Crippen LogP contribution in [0.1, 0.15) is 38.8 Å². The summed E-state index contributed by atoms with van der Waals surface area (Å²) in [6, 6.07) is 7.27. The minimum atomic E-state index is -1.01. The van der Waals surface area contributed by atoms with Crippen molar-refractivity contribution in [3.63, 3.8) is 0 Å². The number of benzene rings is 1. The monoisotopic (exact) mass is 428 g/mol. The van der Waals surface area contributed by atoms with Crippen LogP contribution in [-0.2, 0) is 19.1 Å². The molecule has 1 saturated heterocycles. The molecule has 31 heavy (non-hydrogen) atoms. The highest BCUT2D eigenvalue weighted by molar-refractivity contribution is 6.01. The van der Waals surface area contributed by atoms with Crippen LogP contribution in [0.3, 0.4) is 0 Å². The summed E-state index contributed by atoms with van der Waals surface area (Å²) in [5.41, 5.74) is 1.59. The summed E-state index contributed by atoms with van der Waals surface area (Å²) in [5, 5.41) is 6.88. The van der Waals surface area contributed by atoms with E-state index < -0.39 is 23.9 Å². The van der Waals surface area contributed by atoms with Gasteiger partial charge in [-0.05, 0) is 45.4 Å². The number of rotatable bonds is 7. The minimum Gasteiger partial charge on any atom is -0.495 e. The zero-order chi connectivity index (χ0) is 22.7. The number of nitrogens with zero attached hydrogens (tertiary/aromatic N) is 3. The molecule has 9 nitrogen and oxygen atoms in total. The van der Waals surface area contributed by atoms with Gasteiger partial charge in [-0.3, -0.25) is 14.4 Å². The number of hydrogen-bond acceptors (Lipinski definition) is 6. The van der Waals surface area contributed by atoms with E-state index in [1.807, 2.05) is 32.9 Å². The molecule has 2 unspecified atom stereocenters. The van der Waals surface area contributed by atoms with E-state index in [0.717, 1.165) is 5.56 Å². The maximum atomic E-state index is 12.7. The molecular formula is C22H28N4O5. The maximum absolute atomic E-state index is 12.7. The van der Waals surface area contributed by atoms with Gasteiger partial charge in [0.1, 0.15) is 11.6 Å². The van der Waals surface area contributed by atoms with E-state index in [1.165, 1.54) is 18.9 Å². The van der Waals surface area contributed by atoms with Crippen LogP contribution >= 0.6 is 0 Å². The second-order valence-corrected chi connectivity index (χ2v) is 7.90. The molecule has 2 heterocycles. The van der Waals surface area contributed by atoms with Crippen molar-refractivity contribution in [2.75, 3.05) is 23.9 Å². The SMILES string of the molecule is COc1ccc(C)cc1N1CC(C(=O)OC(C)C(=O)Nc2ccnn2C(C)C)CC1=O. The lowest BCUT2D eigenvalue weighted by atomic mass is 10.1. The molecule has 0 bridgehead atoms. The highest BCUT2D eigenvalue weighted by Gasteiger charge is 2.38. The number of ether oxygens (including phenoxy) is 2. The number of esters is 1. The number of amides is 2. The van der Waals surface area contributed by atoms with Crippen LogP contribution in [-0.4, -0.2) is 47.3 Å². The van der Waals surface area contributed by atoms with Gasteiger partial charge in [-0.15, -0.1) is 0 Å². The second kappa shape index (κ2) is 9.20. The lowest BCUT2D eigenvalue weighted by molar-refractivity contribution is -0.157. The quantitative estimate of drug-likeness (QED) is 0.680. The molecule has 9 heteroatoms. The summed E-state index contributed by atoms with van der Waals surface area (Å²) in [6.45, 7) is 7.48. The van der Waals surface area contributed by atoms with Crippen molar-refractivity contribution in [2.24, 2.45) is 5.92 Å². The van der Waals surface area contributed by atoms with Gasteiger partial charge in [0, 0.05) is 25.1 Å². The van der Waals surface area contributed by atoms with Crippen molar-refractivity contribution in [1.82, 2.24) is 9.78 Å². The van der Waals surface area contributed by atoms with Crippen LogP contribution in [0.5, 0.6) is 5.75 Å². The Morgan fingerprint density at radius 2 is 1.97 bits per heavy atom. The van der Waals surface area contributed by atoms with Crippen molar-refractivity contribution in [2.45, 2.75) is 46.3 Å². The molecule has 0 saturated carbocycles. The van der Waals surface area contributed by atoms with Crippen LogP contribution < -0.4 is 15.0 Å². The molecule has 3 rings (SSSR count). The fourth-order valence-corrected chi connectivity index (χ4v) is 3.49. The number of nitrogens with one attached hydrogen (secondary N) is 1. The molecule has 166 valence electrons. The molecule has 0 radical (unpaired) electrons. The van der Waals surface area contributed by atoms with Gasteiger partial charge in [0.05, 0.1) is 24.9 Å². The summed E-state index contributed by atoms with van der Waals surface area (Å²) in [4.78, 5) is 39.2. The van der Waals surface area contributed by atoms with E-state index in [1.54, 1.807) is 23.0 Å². The molecule has 0 spiro atoms. The zero-order valence-corrected chi connectivity index (χ0v) is 18.4. The van der Waals surface area contributed by atoms with Gasteiger partial charge in [0.25, 0.3) is 5.91 Å². The molecule has 0 aliphatic carbocycles. The number of methoxy groups -OCH3 is 1. The van der Waals surface area contributed by atoms with Crippen molar-refractivity contribution in [3.05, 3.63) is 36.0 Å². The fourth-order valence-electron chi connectivity index (χ4n) is 3.49. The molecule has 2 amide bonds. The first-order valence-electron chi connectivity index (χ1n) is 10.2. The topological polar surface area (TPSA) is 103 Å². The lowest BCUT2D eigenvalue weighted by Gasteiger charge is -2.20. The number of aryl methyl sites for hydroxylation is 1. The molecule has 1 aliphatic heterocycles. The third-order valence-corrected chi connectivity index (χ3v) is 5.16. The Balaban J connectivity index is 1.63. The summed E-state index contributed by atoms with van der Waals surface area (Å²) in [6.07, 6.45) is 0.593. The average molecular weight is 428 g/mol. The van der Waals surface area contributed by atoms with Gasteiger partial charge >= 0.3 is 5.97 Å². The van der Waals surface area contributed by atoms with Gasteiger partial charge < -0.3 is 19.7 Å². The van der Waals surface area contributed by atoms with Gasteiger partial charge in [0.2, 0.25) is 5.91 Å². The first-order valence-corrected chi connectivity index (χ1v) is 10.2. The van der Waals surface area contributed by atoms with Crippen LogP contribution in [0.15, 0.2) is 30.5 Å². The molecule has 1 N–H and O–H groups in total. The van der Waals surface area contributed by atoms with E-state index in [0.29, 0.717) is 17.3 Å². The Bertz CT molecular complexity index is 984. The highest BCUT2D eigenvalue weighted by Crippen LogP contribution is 2.34. The second-order valence-electron chi connectivity index (χ2n) is 7.90. The largest absolute Gasteiger partial charge is 0.495 e. The summed E-state index contributed by atoms with van der Waals surface area (Å²) in [7, 11) is 1.53. The summed E-state index contributed by atoms with van der Waals surface area (Å²) >= 11 is 0. The molecular weight excluding hydrogens is 400 g/mol. The Labute approximate surface area is 181 Å². The van der Waals surface area contributed by atoms with E-state index in [-0.39, 0.29) is 24.9 Å². The smallest absolute Gasteiger partial charge is 0.312 e. The zero-order valence-electron chi connectivity index (χ0n) is 18.4. The number of anilines is 2. The lowest BCUT2D eigenvalue weighted by Crippen LogP contribution is -2.34. The number of hydrogen-bond donors (Lipinski definition) is 1. The summed E-state index contributed by atoms with van der Waals surface area (Å²) < 4.78 is 12.4. The third kappa shape index (κ3) is 4.87. The Morgan fingerprint density at radius 1 is 1.23 bits per heavy atom. The van der Waals surface area contributed by atoms with Gasteiger partial charge in [-0.2, -0.15) is 5.10 Å². The Morgan fingerprint density at radius 3 is 2.65 bits per heavy atom. The predicted molar refractivity (Wildman–Crippen MR) is 115 cm³/mol. The molecule has 1 aromatic carbocycles. The van der Waals surface area contributed by atoms with E-state index in [9.17, 15) is 14.4 Å². The van der Waals surface area contributed by atoms with Crippen LogP contribution in [0.2, 0.25) is 0 Å². The Hall–Kier alpha value is -3.36. The van der Waals surface area contributed by atoms with Gasteiger partial charge in [0.15, 0.2) is 6.10 Å². The van der Waals surface area contributed by atoms with E-state index >= 15 is 0 Å². The Kier molecular flexibility index (Phi) is 6.62. The van der Waals surface area contributed by atoms with Crippen LogP contribution in [0.25, 0.3) is 0 Å². The molecule has 1 aromatic heterocycles. The van der Waals surface area contributed by atoms with Crippen molar-refractivity contribution in [3.8, 4) is 5.75 Å². The van der Waals surface area contributed by atoms with Gasteiger partial charge in [-0.25, -0.2) is 4.68 Å². The van der Waals surface area contributed by atoms with E-state index in [2.05, 4.69) is 10.4 Å². The highest BCUT2D eigenvalue weighted by atomic mass is 16.5. The molecule has 1 fully saturated rings. The molecule has 1 aliphatic rings. The molecule has 2 aromatic rings. The first kappa shape index (κ1) is 22.3. The van der Waals surface area contributed by atoms with Crippen molar-refractivity contribution < 1.29 is 23.9 Å². The molecule has 2 atom stereocenters. The van der Waals surface area contributed by atoms with Gasteiger partial charge in [-0.1, -0.05) is 6.07 Å². The average Bonchev–Trinajstić information content (AvgIpc) is 3.34. The fraction of sp³-hybridized carbons (Fsp3) is 0.455. The maximum Gasteiger partial charge on any atom is 0.312 e. The standard InChI is InChI=1S/C22H28N4O5/c1-13(2)26-19(8-9-23-26)24-21(28)15(4)31-22(29)16-11-20(27)25(12-16)17-10-14(3)6-7-18(17)30-5/h6-10,13,15-16H,11-12H2,1-5H3,(H,24,28). The normalized spacial score (nSPS) is 17.0. The van der Waals surface area contributed by atoms with Crippen LogP contribution in [0, 0.1) is 12.8 Å². The van der Waals surface area contributed by atoms with Crippen molar-refractivity contribution >= 4 is 29.3 Å². The van der Waals surface area contributed by atoms with Crippen molar-refractivity contribution in [1.29, 1.82) is 0 Å². The number of carbonyl (C=O) groups is 3. The first-order chi connectivity index (χ1) is 14.7. The third-order valence-electron chi connectivity index (χ3n) is 5.16. The predicted octanol–water partition coefficient (Wildman–Crippen LogP) is 2.70. The van der Waals surface area contributed by atoms with Crippen LogP contribution in [0.4, 0.5) is 11.5 Å². The number of carbonyl (C=O) groups excluding carboxylic acids is 3. The van der Waals surface area contributed by atoms with E-state index in [4.69, 9.17) is 9.47 Å². The summed E-state index contributed by atoms with van der Waals surface area (Å²) in [5.74, 6) is -0.808. The minimum absolute atomic E-state index is 0.0182. The number of aromatic nitrogens is 2.